The summed E-state index contributed by atoms with van der Waals surface area (Å²) in [7, 11) is -2.85. The molecule has 0 aromatic heterocycles. The quantitative estimate of drug-likeness (QED) is 0.670. The Hall–Kier alpha value is -0.170. The van der Waals surface area contributed by atoms with Gasteiger partial charge in [-0.05, 0) is 13.3 Å². The Labute approximate surface area is 111 Å². The molecular weight excluding hydrogens is 252 g/mol. The molecule has 0 amide bonds. The molecule has 0 aromatic rings. The molecule has 0 radical (unpaired) electrons. The molecule has 0 aromatic carbocycles. The van der Waals surface area contributed by atoms with Crippen molar-refractivity contribution in [1.82, 2.24) is 10.2 Å². The predicted octanol–water partition coefficient (Wildman–Crippen LogP) is 0.120. The predicted molar refractivity (Wildman–Crippen MR) is 73.6 cm³/mol. The zero-order valence-corrected chi connectivity index (χ0v) is 12.5. The summed E-state index contributed by atoms with van der Waals surface area (Å²) >= 11 is 0. The van der Waals surface area contributed by atoms with Gasteiger partial charge in [0.05, 0.1) is 18.5 Å². The molecule has 1 saturated heterocycles. The summed E-state index contributed by atoms with van der Waals surface area (Å²) in [6.07, 6.45) is 2.66. The first kappa shape index (κ1) is 15.9. The van der Waals surface area contributed by atoms with Crippen LogP contribution in [-0.2, 0) is 14.6 Å². The normalized spacial score (nSPS) is 26.4. The Balaban J connectivity index is 2.20. The molecule has 1 fully saturated rings. The highest BCUT2D eigenvalue weighted by molar-refractivity contribution is 7.90. The zero-order chi connectivity index (χ0) is 13.6. The molecule has 0 bridgehead atoms. The van der Waals surface area contributed by atoms with E-state index in [4.69, 9.17) is 4.74 Å². The van der Waals surface area contributed by atoms with E-state index in [0.29, 0.717) is 18.7 Å². The second-order valence-electron chi connectivity index (χ2n) is 5.08. The third kappa shape index (κ3) is 6.13. The summed E-state index contributed by atoms with van der Waals surface area (Å²) in [6, 6.07) is 0.498. The Kier molecular flexibility index (Phi) is 6.55. The minimum absolute atomic E-state index is 0.212. The minimum atomic E-state index is -2.85. The van der Waals surface area contributed by atoms with E-state index in [9.17, 15) is 8.42 Å². The van der Waals surface area contributed by atoms with Crippen molar-refractivity contribution in [1.29, 1.82) is 0 Å². The van der Waals surface area contributed by atoms with Crippen LogP contribution < -0.4 is 5.32 Å². The lowest BCUT2D eigenvalue weighted by molar-refractivity contribution is -0.0550. The second kappa shape index (κ2) is 7.43. The number of hydrogen-bond donors (Lipinski definition) is 1. The lowest BCUT2D eigenvalue weighted by Crippen LogP contribution is -2.50. The molecule has 0 aliphatic carbocycles. The van der Waals surface area contributed by atoms with Crippen LogP contribution in [-0.4, -0.2) is 70.3 Å². The van der Waals surface area contributed by atoms with Crippen molar-refractivity contribution in [3.8, 4) is 0 Å². The molecule has 0 saturated carbocycles. The summed E-state index contributed by atoms with van der Waals surface area (Å²) in [5.41, 5.74) is 0. The molecule has 1 rings (SSSR count). The second-order valence-corrected chi connectivity index (χ2v) is 7.34. The molecule has 18 heavy (non-hydrogen) atoms. The van der Waals surface area contributed by atoms with Crippen LogP contribution in [0.2, 0.25) is 0 Å². The number of sulfone groups is 1. The largest absolute Gasteiger partial charge is 0.376 e. The third-order valence-electron chi connectivity index (χ3n) is 3.28. The molecule has 2 atom stereocenters. The fourth-order valence-corrected chi connectivity index (χ4v) is 2.68. The molecule has 6 heteroatoms. The molecule has 108 valence electrons. The van der Waals surface area contributed by atoms with Gasteiger partial charge < -0.3 is 10.1 Å². The maximum atomic E-state index is 11.0. The van der Waals surface area contributed by atoms with Crippen molar-refractivity contribution in [2.45, 2.75) is 32.4 Å². The van der Waals surface area contributed by atoms with Crippen molar-refractivity contribution < 1.29 is 13.2 Å². The van der Waals surface area contributed by atoms with Gasteiger partial charge in [-0.25, -0.2) is 8.42 Å². The molecule has 0 spiro atoms. The van der Waals surface area contributed by atoms with Crippen LogP contribution in [0.1, 0.15) is 20.3 Å². The average molecular weight is 278 g/mol. The molecule has 1 heterocycles. The van der Waals surface area contributed by atoms with E-state index in [0.717, 1.165) is 32.7 Å². The van der Waals surface area contributed by atoms with Gasteiger partial charge in [0.25, 0.3) is 0 Å². The Morgan fingerprint density at radius 2 is 2.11 bits per heavy atom. The monoisotopic (exact) mass is 278 g/mol. The maximum absolute atomic E-state index is 11.0. The van der Waals surface area contributed by atoms with Gasteiger partial charge in [0.2, 0.25) is 0 Å². The third-order valence-corrected chi connectivity index (χ3v) is 4.22. The number of ether oxygens (including phenoxy) is 1. The van der Waals surface area contributed by atoms with E-state index in [1.807, 2.05) is 0 Å². The van der Waals surface area contributed by atoms with Crippen molar-refractivity contribution in [2.24, 2.45) is 0 Å². The van der Waals surface area contributed by atoms with E-state index in [1.54, 1.807) is 0 Å². The van der Waals surface area contributed by atoms with Gasteiger partial charge in [0.15, 0.2) is 0 Å². The van der Waals surface area contributed by atoms with Gasteiger partial charge in [-0.15, -0.1) is 0 Å². The van der Waals surface area contributed by atoms with Crippen LogP contribution in [0, 0.1) is 0 Å². The van der Waals surface area contributed by atoms with E-state index >= 15 is 0 Å². The fraction of sp³-hybridized carbons (Fsp3) is 1.00. The summed E-state index contributed by atoms with van der Waals surface area (Å²) in [6.45, 7) is 8.36. The highest BCUT2D eigenvalue weighted by Gasteiger charge is 2.24. The average Bonchev–Trinajstić information content (AvgIpc) is 2.27. The molecule has 5 nitrogen and oxygen atoms in total. The van der Waals surface area contributed by atoms with Gasteiger partial charge in [-0.2, -0.15) is 0 Å². The van der Waals surface area contributed by atoms with Crippen LogP contribution in [0.15, 0.2) is 0 Å². The maximum Gasteiger partial charge on any atom is 0.148 e. The van der Waals surface area contributed by atoms with Gasteiger partial charge in [-0.1, -0.05) is 6.92 Å². The van der Waals surface area contributed by atoms with E-state index in [1.165, 1.54) is 6.26 Å². The molecule has 1 aliphatic rings. The van der Waals surface area contributed by atoms with Gasteiger partial charge >= 0.3 is 0 Å². The Morgan fingerprint density at radius 1 is 1.39 bits per heavy atom. The van der Waals surface area contributed by atoms with E-state index < -0.39 is 9.84 Å². The molecule has 1 aliphatic heterocycles. The van der Waals surface area contributed by atoms with Gasteiger partial charge in [-0.3, -0.25) is 4.90 Å². The lowest BCUT2D eigenvalue weighted by atomic mass is 10.1. The van der Waals surface area contributed by atoms with Crippen LogP contribution in [0.3, 0.4) is 0 Å². The number of nitrogens with one attached hydrogen (secondary N) is 1. The summed E-state index contributed by atoms with van der Waals surface area (Å²) in [5.74, 6) is 0.212. The lowest BCUT2D eigenvalue weighted by Gasteiger charge is -2.38. The summed E-state index contributed by atoms with van der Waals surface area (Å²) in [4.78, 5) is 2.43. The van der Waals surface area contributed by atoms with E-state index in [-0.39, 0.29) is 5.75 Å². The molecule has 1 N–H and O–H groups in total. The molecular formula is C12H26N2O3S. The van der Waals surface area contributed by atoms with Gasteiger partial charge in [0, 0.05) is 38.5 Å². The Bertz CT molecular complexity index is 332. The first-order valence-corrected chi connectivity index (χ1v) is 8.72. The topological polar surface area (TPSA) is 58.6 Å². The first-order chi connectivity index (χ1) is 8.42. The summed E-state index contributed by atoms with van der Waals surface area (Å²) < 4.78 is 27.6. The SMILES string of the molecule is CCC1COC(C)CN1CCNCCS(C)(=O)=O. The van der Waals surface area contributed by atoms with Crippen LogP contribution in [0.5, 0.6) is 0 Å². The number of hydrogen-bond acceptors (Lipinski definition) is 5. The Morgan fingerprint density at radius 3 is 2.72 bits per heavy atom. The van der Waals surface area contributed by atoms with Crippen LogP contribution >= 0.6 is 0 Å². The highest BCUT2D eigenvalue weighted by atomic mass is 32.2. The molecule has 2 unspecified atom stereocenters. The minimum Gasteiger partial charge on any atom is -0.376 e. The van der Waals surface area contributed by atoms with Crippen LogP contribution in [0.4, 0.5) is 0 Å². The highest BCUT2D eigenvalue weighted by Crippen LogP contribution is 2.13. The zero-order valence-electron chi connectivity index (χ0n) is 11.7. The number of nitrogens with zero attached hydrogens (tertiary/aromatic N) is 1. The number of rotatable bonds is 7. The summed E-state index contributed by atoms with van der Waals surface area (Å²) in [5, 5.41) is 3.19. The van der Waals surface area contributed by atoms with Gasteiger partial charge in [0.1, 0.15) is 9.84 Å². The van der Waals surface area contributed by atoms with Crippen molar-refractivity contribution >= 4 is 9.84 Å². The number of morpholine rings is 1. The van der Waals surface area contributed by atoms with Crippen molar-refractivity contribution in [3.05, 3.63) is 0 Å². The van der Waals surface area contributed by atoms with E-state index in [2.05, 4.69) is 24.1 Å². The van der Waals surface area contributed by atoms with Crippen molar-refractivity contribution in [2.75, 3.05) is 44.8 Å². The van der Waals surface area contributed by atoms with Crippen molar-refractivity contribution in [3.63, 3.8) is 0 Å². The first-order valence-electron chi connectivity index (χ1n) is 6.66. The van der Waals surface area contributed by atoms with Crippen LogP contribution in [0.25, 0.3) is 0 Å². The fourth-order valence-electron chi connectivity index (χ4n) is 2.17. The standard InChI is InChI=1S/C12H26N2O3S/c1-4-12-10-17-11(2)9-14(12)7-5-13-6-8-18(3,15)16/h11-13H,4-10H2,1-3H3. The smallest absolute Gasteiger partial charge is 0.148 e.